The van der Waals surface area contributed by atoms with E-state index < -0.39 is 0 Å². The van der Waals surface area contributed by atoms with Gasteiger partial charge in [-0.2, -0.15) is 0 Å². The van der Waals surface area contributed by atoms with E-state index in [9.17, 15) is 0 Å². The molecule has 11 heavy (non-hydrogen) atoms. The molecule has 0 aromatic rings. The second kappa shape index (κ2) is 8.59. The Bertz CT molecular complexity index is 70.0. The van der Waals surface area contributed by atoms with Crippen molar-refractivity contribution in [2.24, 2.45) is 0 Å². The zero-order chi connectivity index (χ0) is 8.53. The highest BCUT2D eigenvalue weighted by molar-refractivity contribution is 6.31. The first-order valence-corrected chi connectivity index (χ1v) is 7.90. The minimum atomic E-state index is 0.417. The second-order valence-corrected chi connectivity index (χ2v) is 4.62. The molecule has 0 atom stereocenters. The summed E-state index contributed by atoms with van der Waals surface area (Å²) in [5, 5.41) is 0. The van der Waals surface area contributed by atoms with Crippen LogP contribution in [0.15, 0.2) is 0 Å². The molecule has 1 aliphatic rings. The Morgan fingerprint density at radius 3 is 1.82 bits per heavy atom. The Morgan fingerprint density at radius 1 is 1.09 bits per heavy atom. The molecule has 0 aromatic heterocycles. The van der Waals surface area contributed by atoms with Gasteiger partial charge in [0.15, 0.2) is 0 Å². The van der Waals surface area contributed by atoms with Crippen LogP contribution in [0, 0.1) is 0 Å². The monoisotopic (exact) mass is 171 g/mol. The Labute approximate surface area is 77.9 Å². The molecule has 0 bridgehead atoms. The number of piperidine rings is 1. The van der Waals surface area contributed by atoms with Crippen molar-refractivity contribution < 1.29 is 0 Å². The van der Waals surface area contributed by atoms with E-state index in [0.717, 1.165) is 0 Å². The summed E-state index contributed by atoms with van der Waals surface area (Å²) in [6, 6.07) is 0. The van der Waals surface area contributed by atoms with Crippen LogP contribution in [0.25, 0.3) is 0 Å². The third-order valence-corrected chi connectivity index (χ3v) is 1.90. The lowest BCUT2D eigenvalue weighted by atomic mass is 10.1. The number of likely N-dealkylation sites (tertiary alicyclic amines) is 1. The van der Waals surface area contributed by atoms with Crippen molar-refractivity contribution in [3.8, 4) is 0 Å². The number of hydrogen-bond acceptors (Lipinski definition) is 1. The van der Waals surface area contributed by atoms with Gasteiger partial charge in [-0.25, -0.2) is 0 Å². The zero-order valence-electron chi connectivity index (χ0n) is 8.40. The van der Waals surface area contributed by atoms with Crippen LogP contribution in [0.4, 0.5) is 0 Å². The molecule has 0 unspecified atom stereocenters. The Hall–Kier alpha value is 0.492. The molecule has 0 N–H and O–H groups in total. The fourth-order valence-corrected chi connectivity index (χ4v) is 1.28. The molecule has 0 aromatic carbocycles. The third kappa shape index (κ3) is 6.87. The number of nitrogens with zero attached hydrogens (tertiary/aromatic N) is 1. The summed E-state index contributed by atoms with van der Waals surface area (Å²) in [5.41, 5.74) is 0. The topological polar surface area (TPSA) is 3.24 Å². The number of rotatable bonds is 1. The van der Waals surface area contributed by atoms with E-state index in [1.807, 2.05) is 0 Å². The first-order chi connectivity index (χ1) is 5.35. The molecule has 66 valence electrons. The summed E-state index contributed by atoms with van der Waals surface area (Å²) in [6.45, 7) is 6.18. The molecule has 1 rings (SSSR count). The molecule has 1 saturated heterocycles. The maximum absolute atomic E-state index is 2.52. The van der Waals surface area contributed by atoms with Crippen molar-refractivity contribution in [3.05, 3.63) is 0 Å². The van der Waals surface area contributed by atoms with Gasteiger partial charge in [-0.1, -0.05) is 13.3 Å². The normalized spacial score (nSPS) is 18.5. The van der Waals surface area contributed by atoms with Crippen LogP contribution in [0.5, 0.6) is 0 Å². The van der Waals surface area contributed by atoms with E-state index >= 15 is 0 Å². The summed E-state index contributed by atoms with van der Waals surface area (Å²) in [6.07, 6.45) is 4.30. The van der Waals surface area contributed by atoms with Gasteiger partial charge in [-0.3, -0.25) is 0 Å². The average Bonchev–Trinajstić information content (AvgIpc) is 2.08. The van der Waals surface area contributed by atoms with Gasteiger partial charge in [0.2, 0.25) is 15.2 Å². The largest absolute Gasteiger partial charge is 0.304 e. The van der Waals surface area contributed by atoms with Crippen LogP contribution < -0.4 is 0 Å². The molecule has 0 aliphatic carbocycles. The van der Waals surface area contributed by atoms with Gasteiger partial charge in [-0.15, -0.1) is 11.6 Å². The predicted octanol–water partition coefficient (Wildman–Crippen LogP) is 2.01. The fraction of sp³-hybridized carbons (Fsp3) is 1.00. The first kappa shape index (κ1) is 11.5. The van der Waals surface area contributed by atoms with E-state index in [4.69, 9.17) is 0 Å². The molecule has 2 heteroatoms. The standard InChI is InChI=1S/C7H15N.2CH3.Al.H/c1-2-8-6-4-3-5-7-8;;;;/h2-7H2,1H3;2*1H3;;. The molecular weight excluding hydrogens is 149 g/mol. The van der Waals surface area contributed by atoms with Gasteiger partial charge in [0, 0.05) is 0 Å². The molecule has 1 heterocycles. The first-order valence-electron chi connectivity index (χ1n) is 5.07. The summed E-state index contributed by atoms with van der Waals surface area (Å²) < 4.78 is 0. The summed E-state index contributed by atoms with van der Waals surface area (Å²) in [5.74, 6) is 4.53. The Kier molecular flexibility index (Phi) is 8.97. The lowest BCUT2D eigenvalue weighted by molar-refractivity contribution is 0.240. The lowest BCUT2D eigenvalue weighted by Crippen LogP contribution is -2.29. The van der Waals surface area contributed by atoms with E-state index in [2.05, 4.69) is 23.4 Å². The molecule has 0 amide bonds. The molecular formula is C9H22AlN. The van der Waals surface area contributed by atoms with Gasteiger partial charge in [0.05, 0.1) is 0 Å². The van der Waals surface area contributed by atoms with Crippen molar-refractivity contribution in [1.82, 2.24) is 4.90 Å². The molecule has 0 radical (unpaired) electrons. The minimum absolute atomic E-state index is 0.417. The minimum Gasteiger partial charge on any atom is -0.304 e. The maximum atomic E-state index is 2.52. The summed E-state index contributed by atoms with van der Waals surface area (Å²) in [4.78, 5) is 2.52. The average molecular weight is 171 g/mol. The molecule has 1 fully saturated rings. The van der Waals surface area contributed by atoms with Crippen LogP contribution >= 0.6 is 0 Å². The smallest absolute Gasteiger partial charge is 0.229 e. The van der Waals surface area contributed by atoms with Crippen LogP contribution in [-0.2, 0) is 0 Å². The molecule has 1 nitrogen and oxygen atoms in total. The van der Waals surface area contributed by atoms with E-state index in [0.29, 0.717) is 15.2 Å². The predicted molar refractivity (Wildman–Crippen MR) is 54.8 cm³/mol. The van der Waals surface area contributed by atoms with Crippen LogP contribution in [0.2, 0.25) is 11.6 Å². The number of hydrogen-bond donors (Lipinski definition) is 0. The van der Waals surface area contributed by atoms with Gasteiger partial charge in [-0.05, 0) is 32.5 Å². The lowest BCUT2D eigenvalue weighted by Gasteiger charge is -2.24. The fourth-order valence-electron chi connectivity index (χ4n) is 1.28. The Balaban J connectivity index is 0.000000292. The van der Waals surface area contributed by atoms with E-state index in [-0.39, 0.29) is 0 Å². The quantitative estimate of drug-likeness (QED) is 0.545. The third-order valence-electron chi connectivity index (χ3n) is 1.90. The van der Waals surface area contributed by atoms with Crippen molar-refractivity contribution in [3.63, 3.8) is 0 Å². The second-order valence-electron chi connectivity index (χ2n) is 3.20. The van der Waals surface area contributed by atoms with Gasteiger partial charge < -0.3 is 4.90 Å². The van der Waals surface area contributed by atoms with Gasteiger partial charge >= 0.3 is 0 Å². The highest BCUT2D eigenvalue weighted by atomic mass is 27.1. The maximum Gasteiger partial charge on any atom is 0.229 e. The van der Waals surface area contributed by atoms with Crippen LogP contribution in [-0.4, -0.2) is 39.8 Å². The van der Waals surface area contributed by atoms with Crippen molar-refractivity contribution in [2.75, 3.05) is 19.6 Å². The molecule has 0 spiro atoms. The highest BCUT2D eigenvalue weighted by Gasteiger charge is 2.05. The van der Waals surface area contributed by atoms with E-state index in [1.54, 1.807) is 0 Å². The summed E-state index contributed by atoms with van der Waals surface area (Å²) in [7, 11) is 0. The van der Waals surface area contributed by atoms with Crippen molar-refractivity contribution in [1.29, 1.82) is 0 Å². The molecule has 0 saturated carbocycles. The van der Waals surface area contributed by atoms with Crippen LogP contribution in [0.3, 0.4) is 0 Å². The Morgan fingerprint density at radius 2 is 1.55 bits per heavy atom. The van der Waals surface area contributed by atoms with Crippen LogP contribution in [0.1, 0.15) is 26.2 Å². The highest BCUT2D eigenvalue weighted by Crippen LogP contribution is 2.06. The SMILES string of the molecule is CCN1CCCCC1.[CH3][AlH][CH3]. The van der Waals surface area contributed by atoms with Crippen molar-refractivity contribution in [2.45, 2.75) is 37.8 Å². The summed E-state index contributed by atoms with van der Waals surface area (Å²) >= 11 is 0.417. The molecule has 1 aliphatic heterocycles. The van der Waals surface area contributed by atoms with Gasteiger partial charge in [0.25, 0.3) is 0 Å². The zero-order valence-corrected chi connectivity index (χ0v) is 9.81. The van der Waals surface area contributed by atoms with Gasteiger partial charge in [0.1, 0.15) is 0 Å². The van der Waals surface area contributed by atoms with Crippen molar-refractivity contribution >= 4 is 15.2 Å². The van der Waals surface area contributed by atoms with E-state index in [1.165, 1.54) is 38.9 Å².